The number of nitrogens with zero attached hydrogens (tertiary/aromatic N) is 1. The van der Waals surface area contributed by atoms with Crippen molar-refractivity contribution in [3.8, 4) is 5.75 Å². The van der Waals surface area contributed by atoms with Crippen molar-refractivity contribution in [2.24, 2.45) is 0 Å². The van der Waals surface area contributed by atoms with Gasteiger partial charge in [0.2, 0.25) is 0 Å². The van der Waals surface area contributed by atoms with Crippen LogP contribution in [0.2, 0.25) is 5.02 Å². The van der Waals surface area contributed by atoms with E-state index in [1.807, 2.05) is 0 Å². The van der Waals surface area contributed by atoms with E-state index < -0.39 is 40.0 Å². The second kappa shape index (κ2) is 7.46. The van der Waals surface area contributed by atoms with E-state index in [9.17, 15) is 22.4 Å². The molecule has 140 valence electrons. The number of ether oxygens (including phenoxy) is 3. The first kappa shape index (κ1) is 19.9. The third-order valence-corrected chi connectivity index (χ3v) is 3.59. The zero-order chi connectivity index (χ0) is 19.5. The van der Waals surface area contributed by atoms with Gasteiger partial charge in [0, 0.05) is 13.3 Å². The molecule has 1 aromatic heterocycles. The Bertz CT molecular complexity index is 798. The molecular weight excluding hydrogens is 382 g/mol. The topological polar surface area (TPSA) is 57.7 Å². The Morgan fingerprint density at radius 2 is 1.77 bits per heavy atom. The highest BCUT2D eigenvalue weighted by Crippen LogP contribution is 2.37. The van der Waals surface area contributed by atoms with Gasteiger partial charge in [0.25, 0.3) is 0 Å². The molecular formula is C16H12ClF4NO4. The molecule has 0 N–H and O–H groups in total. The summed E-state index contributed by atoms with van der Waals surface area (Å²) in [7, 11) is 2.07. The Morgan fingerprint density at radius 1 is 1.15 bits per heavy atom. The van der Waals surface area contributed by atoms with E-state index in [1.165, 1.54) is 12.1 Å². The molecule has 1 unspecified atom stereocenters. The van der Waals surface area contributed by atoms with E-state index in [4.69, 9.17) is 21.1 Å². The van der Waals surface area contributed by atoms with Gasteiger partial charge in [0.05, 0.1) is 17.7 Å². The van der Waals surface area contributed by atoms with E-state index in [-0.39, 0.29) is 5.75 Å². The van der Waals surface area contributed by atoms with Crippen molar-refractivity contribution in [3.63, 3.8) is 0 Å². The molecule has 2 aromatic rings. The van der Waals surface area contributed by atoms with Crippen LogP contribution in [0.4, 0.5) is 17.6 Å². The number of esters is 1. The van der Waals surface area contributed by atoms with Crippen molar-refractivity contribution in [2.45, 2.75) is 12.0 Å². The molecule has 0 fully saturated rings. The molecule has 1 aromatic carbocycles. The number of aromatic nitrogens is 1. The molecule has 0 aliphatic heterocycles. The van der Waals surface area contributed by atoms with Crippen LogP contribution in [0.3, 0.4) is 0 Å². The van der Waals surface area contributed by atoms with Gasteiger partial charge >= 0.3 is 17.9 Å². The number of carbonyl (C=O) groups is 1. The summed E-state index contributed by atoms with van der Waals surface area (Å²) in [5, 5.41) is -0.533. The van der Waals surface area contributed by atoms with Gasteiger partial charge in [-0.25, -0.2) is 9.18 Å². The maximum Gasteiger partial charge on any atom is 0.417 e. The number of hydrogen-bond donors (Lipinski definition) is 0. The minimum absolute atomic E-state index is 0.0311. The smallest absolute Gasteiger partial charge is 0.417 e. The van der Waals surface area contributed by atoms with Crippen LogP contribution in [-0.4, -0.2) is 25.2 Å². The average molecular weight is 394 g/mol. The number of halogens is 5. The van der Waals surface area contributed by atoms with Gasteiger partial charge < -0.3 is 14.2 Å². The summed E-state index contributed by atoms with van der Waals surface area (Å²) in [5.41, 5.74) is -1.58. The van der Waals surface area contributed by atoms with Gasteiger partial charge in [-0.2, -0.15) is 13.2 Å². The minimum Gasteiger partial charge on any atom is -0.464 e. The molecule has 1 atom stereocenters. The maximum absolute atomic E-state index is 13.1. The quantitative estimate of drug-likeness (QED) is 0.437. The van der Waals surface area contributed by atoms with Crippen molar-refractivity contribution in [1.29, 1.82) is 0 Å². The molecule has 26 heavy (non-hydrogen) atoms. The van der Waals surface area contributed by atoms with Crippen LogP contribution in [0.25, 0.3) is 0 Å². The molecule has 0 spiro atoms. The zero-order valence-electron chi connectivity index (χ0n) is 13.4. The largest absolute Gasteiger partial charge is 0.464 e. The number of methoxy groups -OCH3 is 2. The second-order valence-corrected chi connectivity index (χ2v) is 5.33. The van der Waals surface area contributed by atoms with E-state index in [0.29, 0.717) is 12.3 Å². The van der Waals surface area contributed by atoms with Crippen molar-refractivity contribution in [3.05, 3.63) is 58.6 Å². The number of rotatable bonds is 5. The Kier molecular flexibility index (Phi) is 5.72. The molecule has 5 nitrogen and oxygen atoms in total. The van der Waals surface area contributed by atoms with Gasteiger partial charge in [0.15, 0.2) is 0 Å². The second-order valence-electron chi connectivity index (χ2n) is 4.92. The van der Waals surface area contributed by atoms with Crippen molar-refractivity contribution < 1.29 is 36.6 Å². The Morgan fingerprint density at radius 3 is 2.23 bits per heavy atom. The van der Waals surface area contributed by atoms with Gasteiger partial charge in [-0.3, -0.25) is 4.98 Å². The van der Waals surface area contributed by atoms with Gasteiger partial charge in [-0.15, -0.1) is 0 Å². The molecule has 0 amide bonds. The highest BCUT2D eigenvalue weighted by Gasteiger charge is 2.49. The third kappa shape index (κ3) is 3.88. The van der Waals surface area contributed by atoms with Crippen LogP contribution in [-0.2, 0) is 26.2 Å². The lowest BCUT2D eigenvalue weighted by atomic mass is 10.1. The molecule has 0 saturated heterocycles. The van der Waals surface area contributed by atoms with E-state index >= 15 is 0 Å². The highest BCUT2D eigenvalue weighted by molar-refractivity contribution is 6.31. The number of alkyl halides is 3. The van der Waals surface area contributed by atoms with E-state index in [0.717, 1.165) is 26.4 Å². The highest BCUT2D eigenvalue weighted by atomic mass is 35.5. The zero-order valence-corrected chi connectivity index (χ0v) is 14.2. The van der Waals surface area contributed by atoms with Crippen LogP contribution < -0.4 is 4.74 Å². The Balaban J connectivity index is 2.57. The standard InChI is InChI=1S/C16H12ClF4NO4/c1-24-14(23)15(25-2,26-11-5-3-10(18)4-6-11)13-12(17)7-9(8-22-13)16(19,20)21/h3-8H,1-2H3. The summed E-state index contributed by atoms with van der Waals surface area (Å²) in [6.45, 7) is 0. The van der Waals surface area contributed by atoms with Gasteiger partial charge in [0.1, 0.15) is 17.3 Å². The summed E-state index contributed by atoms with van der Waals surface area (Å²) >= 11 is 5.90. The van der Waals surface area contributed by atoms with Crippen molar-refractivity contribution in [2.75, 3.05) is 14.2 Å². The Hall–Kier alpha value is -2.39. The molecule has 10 heteroatoms. The summed E-state index contributed by atoms with van der Waals surface area (Å²) in [6.07, 6.45) is -4.21. The fourth-order valence-corrected chi connectivity index (χ4v) is 2.34. The Labute approximate surface area is 150 Å². The predicted molar refractivity (Wildman–Crippen MR) is 82.0 cm³/mol. The molecule has 0 saturated carbocycles. The van der Waals surface area contributed by atoms with Gasteiger partial charge in [-0.05, 0) is 30.3 Å². The first-order chi connectivity index (χ1) is 12.1. The molecule has 0 radical (unpaired) electrons. The van der Waals surface area contributed by atoms with Crippen molar-refractivity contribution in [1.82, 2.24) is 4.98 Å². The number of carbonyl (C=O) groups excluding carboxylic acids is 1. The number of pyridine rings is 1. The summed E-state index contributed by atoms with van der Waals surface area (Å²) in [6, 6.07) is 5.05. The molecule has 0 aliphatic carbocycles. The summed E-state index contributed by atoms with van der Waals surface area (Å²) < 4.78 is 66.6. The lowest BCUT2D eigenvalue weighted by Crippen LogP contribution is -2.45. The van der Waals surface area contributed by atoms with Gasteiger partial charge in [-0.1, -0.05) is 11.6 Å². The first-order valence-corrected chi connectivity index (χ1v) is 7.33. The van der Waals surface area contributed by atoms with Crippen LogP contribution in [0.15, 0.2) is 36.5 Å². The fourth-order valence-electron chi connectivity index (χ4n) is 2.05. The molecule has 1 heterocycles. The number of benzene rings is 1. The average Bonchev–Trinajstić information content (AvgIpc) is 2.60. The van der Waals surface area contributed by atoms with Crippen LogP contribution in [0, 0.1) is 5.82 Å². The number of hydrogen-bond acceptors (Lipinski definition) is 5. The third-order valence-electron chi connectivity index (χ3n) is 3.30. The lowest BCUT2D eigenvalue weighted by molar-refractivity contribution is -0.212. The monoisotopic (exact) mass is 393 g/mol. The van der Waals surface area contributed by atoms with E-state index in [2.05, 4.69) is 9.72 Å². The van der Waals surface area contributed by atoms with E-state index in [1.54, 1.807) is 0 Å². The SMILES string of the molecule is COC(=O)C(OC)(Oc1ccc(F)cc1)c1ncc(C(F)(F)F)cc1Cl. The molecule has 0 aliphatic rings. The summed E-state index contributed by atoms with van der Waals surface area (Å²) in [4.78, 5) is 15.9. The molecule has 0 bridgehead atoms. The summed E-state index contributed by atoms with van der Waals surface area (Å²) in [5.74, 6) is -4.12. The normalized spacial score (nSPS) is 13.8. The fraction of sp³-hybridized carbons (Fsp3) is 0.250. The van der Waals surface area contributed by atoms with Crippen LogP contribution in [0.1, 0.15) is 11.3 Å². The molecule has 2 rings (SSSR count). The maximum atomic E-state index is 13.1. The van der Waals surface area contributed by atoms with Crippen LogP contribution in [0.5, 0.6) is 5.75 Å². The van der Waals surface area contributed by atoms with Crippen LogP contribution >= 0.6 is 11.6 Å². The minimum atomic E-state index is -4.69. The van der Waals surface area contributed by atoms with Crippen molar-refractivity contribution >= 4 is 17.6 Å². The first-order valence-electron chi connectivity index (χ1n) is 6.95. The lowest BCUT2D eigenvalue weighted by Gasteiger charge is -2.30. The predicted octanol–water partition coefficient (Wildman–Crippen LogP) is 3.94.